The minimum Gasteiger partial charge on any atom is -0.497 e. The summed E-state index contributed by atoms with van der Waals surface area (Å²) in [5.74, 6) is 0.234. The van der Waals surface area contributed by atoms with Crippen LogP contribution in [0.5, 0.6) is 5.75 Å². The molecule has 6 aromatic rings. The summed E-state index contributed by atoms with van der Waals surface area (Å²) >= 11 is 0. The summed E-state index contributed by atoms with van der Waals surface area (Å²) in [7, 11) is 1.59. The van der Waals surface area contributed by atoms with Crippen LogP contribution in [0.1, 0.15) is 108 Å². The second-order valence-corrected chi connectivity index (χ2v) is 14.0. The molecule has 2 heterocycles. The second-order valence-electron chi connectivity index (χ2n) is 14.0. The number of benzene rings is 6. The number of unbranched alkanes of at least 4 members (excludes halogenated alkanes) is 4. The van der Waals surface area contributed by atoms with Crippen molar-refractivity contribution in [3.8, 4) is 5.75 Å². The van der Waals surface area contributed by atoms with E-state index in [0.29, 0.717) is 51.5 Å². The molecule has 0 aliphatic carbocycles. The molecule has 2 aliphatic rings. The predicted molar refractivity (Wildman–Crippen MR) is 200 cm³/mol. The number of imide groups is 1. The van der Waals surface area contributed by atoms with Crippen LogP contribution < -0.4 is 9.64 Å². The van der Waals surface area contributed by atoms with E-state index >= 15 is 0 Å². The average molecular weight is 667 g/mol. The van der Waals surface area contributed by atoms with Crippen LogP contribution >= 0.6 is 0 Å². The third kappa shape index (κ3) is 4.85. The van der Waals surface area contributed by atoms with Crippen LogP contribution in [0, 0.1) is 5.92 Å². The zero-order valence-corrected chi connectivity index (χ0v) is 28.9. The zero-order valence-electron chi connectivity index (χ0n) is 28.9. The number of nitrogens with zero attached hydrogens (tertiary/aromatic N) is 2. The fraction of sp³-hybridized carbons (Fsp3) is 0.326. The monoisotopic (exact) mass is 666 g/mol. The van der Waals surface area contributed by atoms with Gasteiger partial charge in [-0.3, -0.25) is 24.2 Å². The normalized spacial score (nSPS) is 16.5. The minimum absolute atomic E-state index is 0.218. The van der Waals surface area contributed by atoms with Gasteiger partial charge in [0.25, 0.3) is 17.7 Å². The number of aliphatic hydroxyl groups is 1. The van der Waals surface area contributed by atoms with Crippen molar-refractivity contribution >= 4 is 66.5 Å². The van der Waals surface area contributed by atoms with Gasteiger partial charge in [-0.1, -0.05) is 82.7 Å². The van der Waals surface area contributed by atoms with Crippen molar-refractivity contribution in [3.05, 3.63) is 95.1 Å². The number of hydrogen-bond acceptors (Lipinski definition) is 5. The molecule has 6 aromatic carbocycles. The lowest BCUT2D eigenvalue weighted by Crippen LogP contribution is -2.43. The van der Waals surface area contributed by atoms with E-state index in [0.717, 1.165) is 69.8 Å². The summed E-state index contributed by atoms with van der Waals surface area (Å²) in [5.41, 5.74) is 2.87. The van der Waals surface area contributed by atoms with Crippen molar-refractivity contribution in [2.24, 2.45) is 5.92 Å². The molecule has 7 heteroatoms. The fourth-order valence-electron chi connectivity index (χ4n) is 8.53. The van der Waals surface area contributed by atoms with Gasteiger partial charge in [0.05, 0.1) is 7.11 Å². The molecule has 7 nitrogen and oxygen atoms in total. The SMILES string of the molecule is CCCCCCC(CCCC)CN1C(=O)c2ccc3c4ccc5c6c(ccc(c7ccc(c2c37)C1=O)c64)C(O)N(c1ccc(OC)cc1)C5=O. The first-order valence-electron chi connectivity index (χ1n) is 18.1. The summed E-state index contributed by atoms with van der Waals surface area (Å²) in [4.78, 5) is 45.3. The van der Waals surface area contributed by atoms with Gasteiger partial charge in [0.15, 0.2) is 6.23 Å². The summed E-state index contributed by atoms with van der Waals surface area (Å²) in [6, 6.07) is 22.5. The lowest BCUT2D eigenvalue weighted by molar-refractivity contribution is 0.0577. The van der Waals surface area contributed by atoms with Gasteiger partial charge in [0.2, 0.25) is 0 Å². The number of hydrogen-bond donors (Lipinski definition) is 1. The Labute approximate surface area is 291 Å². The van der Waals surface area contributed by atoms with Crippen molar-refractivity contribution in [1.29, 1.82) is 0 Å². The average Bonchev–Trinajstić information content (AvgIpc) is 3.14. The summed E-state index contributed by atoms with van der Waals surface area (Å²) < 4.78 is 5.29. The Kier molecular flexibility index (Phi) is 8.19. The summed E-state index contributed by atoms with van der Waals surface area (Å²) in [6.45, 7) is 4.85. The van der Waals surface area contributed by atoms with Crippen molar-refractivity contribution in [3.63, 3.8) is 0 Å². The molecule has 0 saturated heterocycles. The van der Waals surface area contributed by atoms with Crippen molar-refractivity contribution < 1.29 is 24.2 Å². The van der Waals surface area contributed by atoms with E-state index < -0.39 is 6.23 Å². The molecule has 50 heavy (non-hydrogen) atoms. The third-order valence-corrected chi connectivity index (χ3v) is 11.1. The molecule has 254 valence electrons. The lowest BCUT2D eigenvalue weighted by atomic mass is 9.82. The van der Waals surface area contributed by atoms with Crippen LogP contribution in [0.2, 0.25) is 0 Å². The molecular weight excluding hydrogens is 624 g/mol. The molecule has 2 unspecified atom stereocenters. The Balaban J connectivity index is 1.23. The van der Waals surface area contributed by atoms with Crippen molar-refractivity contribution in [2.75, 3.05) is 18.6 Å². The number of amides is 3. The van der Waals surface area contributed by atoms with E-state index in [2.05, 4.69) is 13.8 Å². The molecule has 0 aromatic heterocycles. The number of aliphatic hydroxyl groups excluding tert-OH is 1. The molecule has 0 radical (unpaired) electrons. The van der Waals surface area contributed by atoms with Gasteiger partial charge in [-0.25, -0.2) is 0 Å². The Morgan fingerprint density at radius 1 is 0.620 bits per heavy atom. The van der Waals surface area contributed by atoms with Crippen molar-refractivity contribution in [2.45, 2.75) is 71.4 Å². The van der Waals surface area contributed by atoms with Crippen LogP contribution in [0.15, 0.2) is 72.8 Å². The molecule has 3 amide bonds. The first kappa shape index (κ1) is 32.2. The Bertz CT molecular complexity index is 2240. The molecule has 0 fully saturated rings. The zero-order chi connectivity index (χ0) is 34.7. The van der Waals surface area contributed by atoms with Gasteiger partial charge in [-0.2, -0.15) is 0 Å². The van der Waals surface area contributed by atoms with E-state index in [1.54, 1.807) is 31.4 Å². The van der Waals surface area contributed by atoms with Gasteiger partial charge in [0, 0.05) is 45.3 Å². The van der Waals surface area contributed by atoms with Crippen LogP contribution in [0.4, 0.5) is 5.69 Å². The van der Waals surface area contributed by atoms with Gasteiger partial charge >= 0.3 is 0 Å². The molecule has 1 N–H and O–H groups in total. The van der Waals surface area contributed by atoms with Gasteiger partial charge in [-0.05, 0) is 93.5 Å². The number of carbonyl (C=O) groups excluding carboxylic acids is 3. The van der Waals surface area contributed by atoms with E-state index in [1.807, 2.05) is 48.5 Å². The van der Waals surface area contributed by atoms with Crippen LogP contribution in [-0.4, -0.2) is 41.4 Å². The Morgan fingerprint density at radius 2 is 1.16 bits per heavy atom. The first-order chi connectivity index (χ1) is 24.4. The maximum Gasteiger partial charge on any atom is 0.261 e. The van der Waals surface area contributed by atoms with E-state index in [4.69, 9.17) is 4.74 Å². The van der Waals surface area contributed by atoms with Crippen LogP contribution in [0.3, 0.4) is 0 Å². The summed E-state index contributed by atoms with van der Waals surface area (Å²) in [5, 5.41) is 18.6. The predicted octanol–water partition coefficient (Wildman–Crippen LogP) is 9.77. The molecule has 0 spiro atoms. The maximum absolute atomic E-state index is 14.2. The van der Waals surface area contributed by atoms with Crippen molar-refractivity contribution in [1.82, 2.24) is 4.90 Å². The number of methoxy groups -OCH3 is 1. The standard InChI is InChI=1S/C43H42N2O5/c1-4-6-8-9-11-25(10-7-5-2)24-44-40(46)32-20-16-28-30-18-22-34-39-35(43(49)45(42(34)48)26-12-14-27(50-3)15-13-26)23-19-31(37(30)39)29-17-21-33(41(44)47)38(32)36(28)29/h12-23,25,42,48H,4-11,24H2,1-3H3. The Morgan fingerprint density at radius 3 is 1.74 bits per heavy atom. The fourth-order valence-corrected chi connectivity index (χ4v) is 8.53. The topological polar surface area (TPSA) is 87.2 Å². The first-order valence-corrected chi connectivity index (χ1v) is 18.1. The third-order valence-electron chi connectivity index (χ3n) is 11.1. The second kappa shape index (κ2) is 12.7. The molecular formula is C43H42N2O5. The smallest absolute Gasteiger partial charge is 0.261 e. The largest absolute Gasteiger partial charge is 0.497 e. The molecule has 2 aliphatic heterocycles. The summed E-state index contributed by atoms with van der Waals surface area (Å²) in [6.07, 6.45) is 7.72. The molecule has 0 bridgehead atoms. The number of carbonyl (C=O) groups is 3. The van der Waals surface area contributed by atoms with Gasteiger partial charge in [0.1, 0.15) is 5.75 Å². The highest BCUT2D eigenvalue weighted by Gasteiger charge is 2.38. The number of rotatable bonds is 12. The molecule has 8 rings (SSSR count). The molecule has 0 saturated carbocycles. The van der Waals surface area contributed by atoms with Crippen LogP contribution in [-0.2, 0) is 0 Å². The number of anilines is 1. The van der Waals surface area contributed by atoms with Gasteiger partial charge < -0.3 is 9.84 Å². The highest BCUT2D eigenvalue weighted by Crippen LogP contribution is 2.48. The van der Waals surface area contributed by atoms with Gasteiger partial charge in [-0.15, -0.1) is 0 Å². The van der Waals surface area contributed by atoms with E-state index in [9.17, 15) is 19.5 Å². The quantitative estimate of drug-likeness (QED) is 0.0608. The van der Waals surface area contributed by atoms with E-state index in [1.165, 1.54) is 29.1 Å². The number of fused-ring (bicyclic) bond motifs is 2. The Hall–Kier alpha value is -5.01. The highest BCUT2D eigenvalue weighted by atomic mass is 16.5. The maximum atomic E-state index is 14.2. The van der Waals surface area contributed by atoms with Crippen LogP contribution in [0.25, 0.3) is 43.1 Å². The highest BCUT2D eigenvalue weighted by molar-refractivity contribution is 6.39. The molecule has 2 atom stereocenters. The minimum atomic E-state index is -1.18. The number of ether oxygens (including phenoxy) is 1. The van der Waals surface area contributed by atoms with E-state index in [-0.39, 0.29) is 17.7 Å². The lowest BCUT2D eigenvalue weighted by Gasteiger charge is -2.35.